The van der Waals surface area contributed by atoms with Crippen LogP contribution in [0, 0.1) is 18.8 Å². The van der Waals surface area contributed by atoms with E-state index in [0.29, 0.717) is 62.2 Å². The molecule has 0 radical (unpaired) electrons. The lowest BCUT2D eigenvalue weighted by Crippen LogP contribution is -2.32. The van der Waals surface area contributed by atoms with E-state index in [0.717, 1.165) is 22.8 Å². The minimum absolute atomic E-state index is 0.0941. The summed E-state index contributed by atoms with van der Waals surface area (Å²) in [6.07, 6.45) is 4.59. The Kier molecular flexibility index (Phi) is 10.7. The highest BCUT2D eigenvalue weighted by Gasteiger charge is 2.43. The number of aromatic nitrogens is 1. The quantitative estimate of drug-likeness (QED) is 0.147. The van der Waals surface area contributed by atoms with Crippen LogP contribution in [0.2, 0.25) is 0 Å². The average molecular weight is 771 g/mol. The fraction of sp³-hybridized carbons (Fsp3) is 0.372. The standard InChI is InChI=1S/C43H45F3N4O6/c1-25-7-4-5-8-32(25)33-9-6-13-42(26(33)2,14-10-28-20-37(55-3)30(19-35(28)43(44,45)46)23-50-16-12-31(51)24-50)41-48-36-18-27(17-34(39(47)52)38(36)56-41)21-49-15-11-29(22-49)40(53)54/h4-10,13-14,17-20,26,29,31,51H,11-12,15-16,21-24H2,1-3H3,(H2,47,52)(H,53,54)/b14-10+/t26?,29-,31-,42?/m1/s1. The molecule has 1 aliphatic carbocycles. The molecular weight excluding hydrogens is 725 g/mol. The first kappa shape index (κ1) is 39.0. The molecule has 56 heavy (non-hydrogen) atoms. The molecule has 2 aliphatic heterocycles. The highest BCUT2D eigenvalue weighted by atomic mass is 19.4. The van der Waals surface area contributed by atoms with Gasteiger partial charge in [-0.25, -0.2) is 4.98 Å². The zero-order chi connectivity index (χ0) is 39.9. The van der Waals surface area contributed by atoms with Crippen LogP contribution in [0.1, 0.15) is 69.4 Å². The number of nitrogens with zero attached hydrogens (tertiary/aromatic N) is 3. The molecule has 1 amide bonds. The van der Waals surface area contributed by atoms with E-state index in [-0.39, 0.29) is 34.9 Å². The molecule has 2 fully saturated rings. The number of rotatable bonds is 11. The molecular formula is C43H45F3N4O6. The molecule has 0 bridgehead atoms. The molecule has 2 unspecified atom stereocenters. The Morgan fingerprint density at radius 2 is 1.84 bits per heavy atom. The number of hydrogen-bond acceptors (Lipinski definition) is 8. The fourth-order valence-corrected chi connectivity index (χ4v) is 8.35. The molecule has 4 aromatic rings. The molecule has 7 rings (SSSR count). The van der Waals surface area contributed by atoms with Crippen molar-refractivity contribution >= 4 is 34.6 Å². The van der Waals surface area contributed by atoms with Crippen LogP contribution in [-0.4, -0.2) is 76.3 Å². The largest absolute Gasteiger partial charge is 0.496 e. The summed E-state index contributed by atoms with van der Waals surface area (Å²) in [5, 5.41) is 19.5. The summed E-state index contributed by atoms with van der Waals surface area (Å²) >= 11 is 0. The molecule has 3 aliphatic rings. The van der Waals surface area contributed by atoms with Crippen LogP contribution in [0.4, 0.5) is 13.2 Å². The summed E-state index contributed by atoms with van der Waals surface area (Å²) in [6.45, 7) is 6.36. The maximum absolute atomic E-state index is 14.9. The van der Waals surface area contributed by atoms with Gasteiger partial charge in [0.15, 0.2) is 5.58 Å². The zero-order valence-electron chi connectivity index (χ0n) is 31.5. The van der Waals surface area contributed by atoms with E-state index in [4.69, 9.17) is 19.9 Å². The molecule has 3 heterocycles. The second-order valence-corrected chi connectivity index (χ2v) is 15.1. The van der Waals surface area contributed by atoms with Gasteiger partial charge in [0, 0.05) is 44.2 Å². The van der Waals surface area contributed by atoms with E-state index < -0.39 is 47.0 Å². The number of amides is 1. The third kappa shape index (κ3) is 7.63. The van der Waals surface area contributed by atoms with Gasteiger partial charge in [-0.1, -0.05) is 61.6 Å². The van der Waals surface area contributed by atoms with E-state index in [2.05, 4.69) is 0 Å². The monoisotopic (exact) mass is 770 g/mol. The topological polar surface area (TPSA) is 142 Å². The number of nitrogens with two attached hydrogens (primary N) is 1. The van der Waals surface area contributed by atoms with Crippen molar-refractivity contribution in [2.24, 2.45) is 17.6 Å². The molecule has 2 saturated heterocycles. The van der Waals surface area contributed by atoms with Gasteiger partial charge in [-0.2, -0.15) is 13.2 Å². The lowest BCUT2D eigenvalue weighted by Gasteiger charge is -2.36. The fourth-order valence-electron chi connectivity index (χ4n) is 8.35. The smallest absolute Gasteiger partial charge is 0.417 e. The number of aliphatic carboxylic acids is 1. The van der Waals surface area contributed by atoms with Crippen LogP contribution < -0.4 is 10.5 Å². The number of carbonyl (C=O) groups excluding carboxylic acids is 1. The number of halogens is 3. The van der Waals surface area contributed by atoms with Crippen molar-refractivity contribution in [3.05, 3.63) is 118 Å². The Morgan fingerprint density at radius 1 is 1.09 bits per heavy atom. The number of alkyl halides is 3. The number of ether oxygens (including phenoxy) is 1. The number of methoxy groups -OCH3 is 1. The predicted molar refractivity (Wildman–Crippen MR) is 206 cm³/mol. The minimum atomic E-state index is -4.71. The third-order valence-electron chi connectivity index (χ3n) is 11.4. The van der Waals surface area contributed by atoms with Crippen molar-refractivity contribution in [1.29, 1.82) is 0 Å². The normalized spacial score (nSPS) is 23.3. The summed E-state index contributed by atoms with van der Waals surface area (Å²) in [5.74, 6) is -2.06. The molecule has 294 valence electrons. The van der Waals surface area contributed by atoms with E-state index in [1.807, 2.05) is 66.1 Å². The Hall–Kier alpha value is -5.24. The number of carbonyl (C=O) groups is 2. The van der Waals surface area contributed by atoms with Gasteiger partial charge in [-0.15, -0.1) is 0 Å². The van der Waals surface area contributed by atoms with Crippen LogP contribution in [-0.2, 0) is 29.5 Å². The molecule has 10 nitrogen and oxygen atoms in total. The summed E-state index contributed by atoms with van der Waals surface area (Å²) in [4.78, 5) is 33.3. The van der Waals surface area contributed by atoms with E-state index >= 15 is 0 Å². The molecule has 0 saturated carbocycles. The molecule has 0 spiro atoms. The lowest BCUT2D eigenvalue weighted by molar-refractivity contribution is -0.141. The first-order valence-corrected chi connectivity index (χ1v) is 18.7. The Morgan fingerprint density at radius 3 is 2.50 bits per heavy atom. The number of primary amides is 1. The van der Waals surface area contributed by atoms with Gasteiger partial charge in [0.25, 0.3) is 5.91 Å². The zero-order valence-corrected chi connectivity index (χ0v) is 31.5. The number of aliphatic hydroxyl groups is 1. The number of benzene rings is 3. The summed E-state index contributed by atoms with van der Waals surface area (Å²) < 4.78 is 56.7. The number of carboxylic acid groups (broad SMARTS) is 1. The number of aliphatic hydroxyl groups excluding tert-OH is 1. The van der Waals surface area contributed by atoms with Gasteiger partial charge < -0.3 is 25.1 Å². The van der Waals surface area contributed by atoms with Gasteiger partial charge in [0.2, 0.25) is 5.89 Å². The number of fused-ring (bicyclic) bond motifs is 1. The van der Waals surface area contributed by atoms with Gasteiger partial charge in [0.05, 0.1) is 35.7 Å². The van der Waals surface area contributed by atoms with Crippen LogP contribution in [0.25, 0.3) is 22.7 Å². The number of aryl methyl sites for hydroxylation is 1. The van der Waals surface area contributed by atoms with Crippen molar-refractivity contribution < 1.29 is 42.1 Å². The first-order chi connectivity index (χ1) is 26.7. The second kappa shape index (κ2) is 15.4. The van der Waals surface area contributed by atoms with Gasteiger partial charge >= 0.3 is 12.1 Å². The number of β-amino-alcohol motifs (C(OH)–C–C–N with tert-alkyl or cyclic N) is 1. The molecule has 13 heteroatoms. The van der Waals surface area contributed by atoms with Gasteiger partial charge in [-0.3, -0.25) is 19.4 Å². The molecule has 1 aromatic heterocycles. The Balaban J connectivity index is 1.35. The predicted octanol–water partition coefficient (Wildman–Crippen LogP) is 6.98. The highest BCUT2D eigenvalue weighted by molar-refractivity contribution is 6.03. The van der Waals surface area contributed by atoms with E-state index in [9.17, 15) is 33.0 Å². The number of oxazole rings is 1. The average Bonchev–Trinajstić information content (AvgIpc) is 3.91. The second-order valence-electron chi connectivity index (χ2n) is 15.1. The van der Waals surface area contributed by atoms with Gasteiger partial charge in [-0.05, 0) is 78.4 Å². The summed E-state index contributed by atoms with van der Waals surface area (Å²) in [6, 6.07) is 13.8. The number of hydrogen-bond donors (Lipinski definition) is 3. The summed E-state index contributed by atoms with van der Waals surface area (Å²) in [5.41, 5.74) is 8.19. The van der Waals surface area contributed by atoms with Crippen LogP contribution in [0.15, 0.2) is 77.3 Å². The number of allylic oxidation sites excluding steroid dienone is 5. The van der Waals surface area contributed by atoms with Crippen LogP contribution in [0.3, 0.4) is 0 Å². The van der Waals surface area contributed by atoms with Crippen molar-refractivity contribution in [2.75, 3.05) is 33.3 Å². The van der Waals surface area contributed by atoms with Crippen molar-refractivity contribution in [3.8, 4) is 5.75 Å². The van der Waals surface area contributed by atoms with E-state index in [1.165, 1.54) is 19.3 Å². The third-order valence-corrected chi connectivity index (χ3v) is 11.4. The van der Waals surface area contributed by atoms with Crippen molar-refractivity contribution in [1.82, 2.24) is 14.8 Å². The van der Waals surface area contributed by atoms with Crippen molar-refractivity contribution in [2.45, 2.75) is 57.5 Å². The maximum atomic E-state index is 14.9. The minimum Gasteiger partial charge on any atom is -0.496 e. The van der Waals surface area contributed by atoms with E-state index in [1.54, 1.807) is 18.2 Å². The molecule has 3 aromatic carbocycles. The van der Waals surface area contributed by atoms with Gasteiger partial charge in [0.1, 0.15) is 11.3 Å². The molecule has 4 N–H and O–H groups in total. The number of carboxylic acids is 1. The van der Waals surface area contributed by atoms with Crippen molar-refractivity contribution in [3.63, 3.8) is 0 Å². The first-order valence-electron chi connectivity index (χ1n) is 18.7. The number of likely N-dealkylation sites (tertiary alicyclic amines) is 2. The highest BCUT2D eigenvalue weighted by Crippen LogP contribution is 2.48. The Labute approximate surface area is 322 Å². The van der Waals surface area contributed by atoms with Crippen LogP contribution >= 0.6 is 0 Å². The van der Waals surface area contributed by atoms with Crippen LogP contribution in [0.5, 0.6) is 5.75 Å². The lowest BCUT2D eigenvalue weighted by atomic mass is 9.67. The SMILES string of the molecule is COc1cc(/C=C/C2(c3nc4cc(CN5CC[C@@H](C(=O)O)C5)cc(C(N)=O)c4o3)C=CC=C(c3ccccc3C)C2C)c(C(F)(F)F)cc1CN1CC[C@@H](O)C1. The molecule has 4 atom stereocenters. The Bertz CT molecular complexity index is 2260. The summed E-state index contributed by atoms with van der Waals surface area (Å²) in [7, 11) is 1.42. The maximum Gasteiger partial charge on any atom is 0.417 e.